The Morgan fingerprint density at radius 3 is 2.50 bits per heavy atom. The molecule has 3 heteroatoms. The molecule has 0 aromatic carbocycles. The van der Waals surface area contributed by atoms with Crippen LogP contribution in [0.25, 0.3) is 0 Å². The topological polar surface area (TPSA) is 50.8 Å². The standard InChI is InChI=1S/C7H9N3/c1-6-2-3-7(4-8)10(6)5-9/h6-7H,2-3H2,1H3. The molecular weight excluding hydrogens is 126 g/mol. The van der Waals surface area contributed by atoms with Crippen LogP contribution < -0.4 is 0 Å². The first-order chi connectivity index (χ1) is 4.79. The summed E-state index contributed by atoms with van der Waals surface area (Å²) in [7, 11) is 0. The summed E-state index contributed by atoms with van der Waals surface area (Å²) in [6.45, 7) is 1.97. The fourth-order valence-electron chi connectivity index (χ4n) is 1.28. The number of rotatable bonds is 0. The van der Waals surface area contributed by atoms with Crippen molar-refractivity contribution >= 4 is 0 Å². The molecule has 1 rings (SSSR count). The van der Waals surface area contributed by atoms with Gasteiger partial charge in [0.05, 0.1) is 6.07 Å². The van der Waals surface area contributed by atoms with Gasteiger partial charge in [0, 0.05) is 6.04 Å². The van der Waals surface area contributed by atoms with Crippen molar-refractivity contribution in [1.29, 1.82) is 10.5 Å². The van der Waals surface area contributed by atoms with E-state index in [1.165, 1.54) is 0 Å². The van der Waals surface area contributed by atoms with Gasteiger partial charge in [0.1, 0.15) is 6.04 Å². The Kier molecular flexibility index (Phi) is 1.78. The SMILES string of the molecule is CC1CCC(C#N)N1C#N. The van der Waals surface area contributed by atoms with Gasteiger partial charge in [-0.1, -0.05) is 0 Å². The Hall–Kier alpha value is -1.22. The molecule has 1 aliphatic rings. The first-order valence-corrected chi connectivity index (χ1v) is 3.37. The first kappa shape index (κ1) is 6.89. The molecule has 2 atom stereocenters. The lowest BCUT2D eigenvalue weighted by molar-refractivity contribution is 0.347. The number of hydrogen-bond acceptors (Lipinski definition) is 3. The molecule has 0 N–H and O–H groups in total. The van der Waals surface area contributed by atoms with Crippen LogP contribution in [0.15, 0.2) is 0 Å². The van der Waals surface area contributed by atoms with E-state index >= 15 is 0 Å². The second-order valence-corrected chi connectivity index (χ2v) is 2.58. The maximum Gasteiger partial charge on any atom is 0.180 e. The highest BCUT2D eigenvalue weighted by Gasteiger charge is 2.29. The third-order valence-corrected chi connectivity index (χ3v) is 1.93. The van der Waals surface area contributed by atoms with E-state index in [0.717, 1.165) is 12.8 Å². The van der Waals surface area contributed by atoms with Crippen molar-refractivity contribution in [1.82, 2.24) is 4.90 Å². The smallest absolute Gasteiger partial charge is 0.180 e. The molecule has 0 spiro atoms. The van der Waals surface area contributed by atoms with Crippen molar-refractivity contribution in [2.75, 3.05) is 0 Å². The summed E-state index contributed by atoms with van der Waals surface area (Å²) in [5.74, 6) is 0. The molecule has 2 unspecified atom stereocenters. The lowest BCUT2D eigenvalue weighted by Gasteiger charge is -2.15. The number of nitrogens with zero attached hydrogens (tertiary/aromatic N) is 3. The average molecular weight is 135 g/mol. The van der Waals surface area contributed by atoms with Crippen LogP contribution in [0, 0.1) is 22.8 Å². The van der Waals surface area contributed by atoms with Crippen LogP contribution >= 0.6 is 0 Å². The van der Waals surface area contributed by atoms with Gasteiger partial charge in [-0.3, -0.25) is 4.90 Å². The van der Waals surface area contributed by atoms with Crippen LogP contribution in [0.2, 0.25) is 0 Å². The van der Waals surface area contributed by atoms with E-state index < -0.39 is 0 Å². The fourth-order valence-corrected chi connectivity index (χ4v) is 1.28. The van der Waals surface area contributed by atoms with Crippen molar-refractivity contribution in [3.8, 4) is 12.3 Å². The zero-order valence-corrected chi connectivity index (χ0v) is 5.91. The molecule has 1 fully saturated rings. The van der Waals surface area contributed by atoms with Gasteiger partial charge in [-0.05, 0) is 19.8 Å². The van der Waals surface area contributed by atoms with Crippen LogP contribution in [-0.2, 0) is 0 Å². The maximum atomic E-state index is 8.56. The molecule has 0 aromatic heterocycles. The summed E-state index contributed by atoms with van der Waals surface area (Å²) >= 11 is 0. The Morgan fingerprint density at radius 1 is 1.40 bits per heavy atom. The van der Waals surface area contributed by atoms with Gasteiger partial charge in [-0.15, -0.1) is 0 Å². The predicted molar refractivity (Wildman–Crippen MR) is 35.5 cm³/mol. The minimum absolute atomic E-state index is 0.167. The molecule has 0 aromatic rings. The molecule has 0 amide bonds. The van der Waals surface area contributed by atoms with Gasteiger partial charge in [0.2, 0.25) is 0 Å². The second-order valence-electron chi connectivity index (χ2n) is 2.58. The molecule has 0 bridgehead atoms. The van der Waals surface area contributed by atoms with Gasteiger partial charge < -0.3 is 0 Å². The minimum atomic E-state index is -0.167. The van der Waals surface area contributed by atoms with E-state index in [9.17, 15) is 0 Å². The normalized spacial score (nSPS) is 31.3. The third kappa shape index (κ3) is 0.910. The Labute approximate surface area is 60.5 Å². The molecule has 0 saturated carbocycles. The van der Waals surface area contributed by atoms with E-state index in [1.54, 1.807) is 4.90 Å². The molecule has 1 saturated heterocycles. The van der Waals surface area contributed by atoms with Crippen LogP contribution in [0.3, 0.4) is 0 Å². The van der Waals surface area contributed by atoms with E-state index in [1.807, 2.05) is 13.1 Å². The summed E-state index contributed by atoms with van der Waals surface area (Å²) in [4.78, 5) is 1.57. The first-order valence-electron chi connectivity index (χ1n) is 3.37. The Balaban J connectivity index is 2.67. The van der Waals surface area contributed by atoms with E-state index in [2.05, 4.69) is 6.07 Å². The van der Waals surface area contributed by atoms with E-state index in [4.69, 9.17) is 10.5 Å². The second kappa shape index (κ2) is 2.58. The maximum absolute atomic E-state index is 8.56. The molecule has 1 aliphatic heterocycles. The lowest BCUT2D eigenvalue weighted by atomic mass is 10.2. The predicted octanol–water partition coefficient (Wildman–Crippen LogP) is 0.844. The third-order valence-electron chi connectivity index (χ3n) is 1.93. The van der Waals surface area contributed by atoms with Crippen molar-refractivity contribution in [3.05, 3.63) is 0 Å². The molecule has 1 heterocycles. The van der Waals surface area contributed by atoms with Gasteiger partial charge in [0.15, 0.2) is 6.19 Å². The fraction of sp³-hybridized carbons (Fsp3) is 0.714. The molecule has 0 radical (unpaired) electrons. The Bertz CT molecular complexity index is 198. The number of likely N-dealkylation sites (tertiary alicyclic amines) is 1. The van der Waals surface area contributed by atoms with Crippen LogP contribution in [0.5, 0.6) is 0 Å². The highest BCUT2D eigenvalue weighted by atomic mass is 15.2. The van der Waals surface area contributed by atoms with Crippen molar-refractivity contribution < 1.29 is 0 Å². The largest absolute Gasteiger partial charge is 0.291 e. The lowest BCUT2D eigenvalue weighted by Crippen LogP contribution is -2.28. The molecule has 3 nitrogen and oxygen atoms in total. The molecule has 52 valence electrons. The summed E-state index contributed by atoms with van der Waals surface area (Å²) in [6, 6.07) is 2.19. The summed E-state index contributed by atoms with van der Waals surface area (Å²) in [5, 5.41) is 17.1. The van der Waals surface area contributed by atoms with Gasteiger partial charge >= 0.3 is 0 Å². The van der Waals surface area contributed by atoms with Gasteiger partial charge in [0.25, 0.3) is 0 Å². The molecular formula is C7H9N3. The Morgan fingerprint density at radius 2 is 2.10 bits per heavy atom. The van der Waals surface area contributed by atoms with Crippen molar-refractivity contribution in [2.24, 2.45) is 0 Å². The van der Waals surface area contributed by atoms with Gasteiger partial charge in [-0.25, -0.2) is 0 Å². The molecule has 0 aliphatic carbocycles. The average Bonchev–Trinajstić information content (AvgIpc) is 2.30. The number of hydrogen-bond donors (Lipinski definition) is 0. The van der Waals surface area contributed by atoms with E-state index in [0.29, 0.717) is 0 Å². The minimum Gasteiger partial charge on any atom is -0.291 e. The zero-order chi connectivity index (χ0) is 7.56. The van der Waals surface area contributed by atoms with E-state index in [-0.39, 0.29) is 12.1 Å². The summed E-state index contributed by atoms with van der Waals surface area (Å²) in [6.07, 6.45) is 3.83. The highest BCUT2D eigenvalue weighted by Crippen LogP contribution is 2.21. The van der Waals surface area contributed by atoms with Crippen LogP contribution in [0.4, 0.5) is 0 Å². The van der Waals surface area contributed by atoms with Crippen LogP contribution in [-0.4, -0.2) is 17.0 Å². The molecule has 10 heavy (non-hydrogen) atoms. The number of nitriles is 2. The summed E-state index contributed by atoms with van der Waals surface area (Å²) < 4.78 is 0. The van der Waals surface area contributed by atoms with Gasteiger partial charge in [-0.2, -0.15) is 10.5 Å². The van der Waals surface area contributed by atoms with Crippen molar-refractivity contribution in [3.63, 3.8) is 0 Å². The quantitative estimate of drug-likeness (QED) is 0.462. The monoisotopic (exact) mass is 135 g/mol. The van der Waals surface area contributed by atoms with Crippen LogP contribution in [0.1, 0.15) is 19.8 Å². The zero-order valence-electron chi connectivity index (χ0n) is 5.91. The highest BCUT2D eigenvalue weighted by molar-refractivity contribution is 5.03. The van der Waals surface area contributed by atoms with Crippen molar-refractivity contribution in [2.45, 2.75) is 31.8 Å². The summed E-state index contributed by atoms with van der Waals surface area (Å²) in [5.41, 5.74) is 0.